The highest BCUT2D eigenvalue weighted by Gasteiger charge is 2.18. The fourth-order valence-electron chi connectivity index (χ4n) is 2.37. The van der Waals surface area contributed by atoms with Crippen molar-refractivity contribution in [3.8, 4) is 5.75 Å². The standard InChI is InChI=1S/C19H25NO2/c1-4-17(19(21)20-13-12-14(2)3)22-18-11-7-9-15-8-5-6-10-16(15)18/h5-11,14,17H,4,12-13H2,1-3H3,(H,20,21). The molecule has 3 heteroatoms. The summed E-state index contributed by atoms with van der Waals surface area (Å²) < 4.78 is 5.98. The second-order valence-corrected chi connectivity index (χ2v) is 5.97. The minimum absolute atomic E-state index is 0.0314. The molecule has 22 heavy (non-hydrogen) atoms. The van der Waals surface area contributed by atoms with Crippen LogP contribution in [0, 0.1) is 5.92 Å². The zero-order chi connectivity index (χ0) is 15.9. The lowest BCUT2D eigenvalue weighted by Crippen LogP contribution is -2.38. The molecule has 1 unspecified atom stereocenters. The van der Waals surface area contributed by atoms with E-state index < -0.39 is 6.10 Å². The number of benzene rings is 2. The fourth-order valence-corrected chi connectivity index (χ4v) is 2.37. The topological polar surface area (TPSA) is 38.3 Å². The van der Waals surface area contributed by atoms with Gasteiger partial charge in [-0.05, 0) is 30.2 Å². The minimum Gasteiger partial charge on any atom is -0.480 e. The van der Waals surface area contributed by atoms with E-state index in [0.29, 0.717) is 18.9 Å². The first-order valence-corrected chi connectivity index (χ1v) is 8.04. The highest BCUT2D eigenvalue weighted by Crippen LogP contribution is 2.26. The molecule has 0 radical (unpaired) electrons. The monoisotopic (exact) mass is 299 g/mol. The van der Waals surface area contributed by atoms with Crippen molar-refractivity contribution in [1.29, 1.82) is 0 Å². The first-order chi connectivity index (χ1) is 10.6. The summed E-state index contributed by atoms with van der Waals surface area (Å²) in [5, 5.41) is 5.13. The van der Waals surface area contributed by atoms with Crippen molar-refractivity contribution >= 4 is 16.7 Å². The molecule has 0 aromatic heterocycles. The maximum absolute atomic E-state index is 12.3. The Kier molecular flexibility index (Phi) is 5.82. The van der Waals surface area contributed by atoms with E-state index in [9.17, 15) is 4.79 Å². The molecule has 0 aliphatic carbocycles. The van der Waals surface area contributed by atoms with Crippen LogP contribution in [-0.4, -0.2) is 18.6 Å². The molecule has 2 aromatic rings. The third kappa shape index (κ3) is 4.23. The lowest BCUT2D eigenvalue weighted by Gasteiger charge is -2.19. The zero-order valence-electron chi connectivity index (χ0n) is 13.6. The van der Waals surface area contributed by atoms with Crippen molar-refractivity contribution < 1.29 is 9.53 Å². The average Bonchev–Trinajstić information content (AvgIpc) is 2.52. The normalized spacial score (nSPS) is 12.4. The van der Waals surface area contributed by atoms with E-state index in [2.05, 4.69) is 19.2 Å². The van der Waals surface area contributed by atoms with Gasteiger partial charge in [-0.15, -0.1) is 0 Å². The van der Waals surface area contributed by atoms with Gasteiger partial charge in [0.15, 0.2) is 6.10 Å². The smallest absolute Gasteiger partial charge is 0.261 e. The quantitative estimate of drug-likeness (QED) is 0.833. The highest BCUT2D eigenvalue weighted by atomic mass is 16.5. The SMILES string of the molecule is CCC(Oc1cccc2ccccc12)C(=O)NCCC(C)C. The highest BCUT2D eigenvalue weighted by molar-refractivity contribution is 5.89. The molecular formula is C19H25NO2. The molecule has 3 nitrogen and oxygen atoms in total. The third-order valence-corrected chi connectivity index (χ3v) is 3.70. The van der Waals surface area contributed by atoms with Gasteiger partial charge in [0, 0.05) is 11.9 Å². The van der Waals surface area contributed by atoms with Crippen LogP contribution in [0.25, 0.3) is 10.8 Å². The third-order valence-electron chi connectivity index (χ3n) is 3.70. The van der Waals surface area contributed by atoms with Gasteiger partial charge in [0.1, 0.15) is 5.75 Å². The molecule has 0 saturated heterocycles. The van der Waals surface area contributed by atoms with Gasteiger partial charge in [0.2, 0.25) is 0 Å². The molecule has 2 aromatic carbocycles. The van der Waals surface area contributed by atoms with Gasteiger partial charge in [0.25, 0.3) is 5.91 Å². The number of hydrogen-bond acceptors (Lipinski definition) is 2. The Hall–Kier alpha value is -2.03. The molecular weight excluding hydrogens is 274 g/mol. The number of carbonyl (C=O) groups excluding carboxylic acids is 1. The summed E-state index contributed by atoms with van der Waals surface area (Å²) >= 11 is 0. The Morgan fingerprint density at radius 2 is 1.86 bits per heavy atom. The second kappa shape index (κ2) is 7.83. The summed E-state index contributed by atoms with van der Waals surface area (Å²) in [6.45, 7) is 6.97. The van der Waals surface area contributed by atoms with Crippen LogP contribution in [-0.2, 0) is 4.79 Å². The Bertz CT molecular complexity index is 616. The molecule has 118 valence electrons. The van der Waals surface area contributed by atoms with Gasteiger partial charge in [0.05, 0.1) is 0 Å². The van der Waals surface area contributed by atoms with Crippen molar-refractivity contribution in [2.75, 3.05) is 6.54 Å². The van der Waals surface area contributed by atoms with Crippen molar-refractivity contribution in [2.24, 2.45) is 5.92 Å². The summed E-state index contributed by atoms with van der Waals surface area (Å²) in [6, 6.07) is 14.0. The largest absolute Gasteiger partial charge is 0.480 e. The number of rotatable bonds is 7. The van der Waals surface area contributed by atoms with Crippen molar-refractivity contribution in [3.63, 3.8) is 0 Å². The molecule has 0 fully saturated rings. The molecule has 0 bridgehead atoms. The molecule has 0 aliphatic heterocycles. The molecule has 1 amide bonds. The van der Waals surface area contributed by atoms with Gasteiger partial charge < -0.3 is 10.1 Å². The van der Waals surface area contributed by atoms with E-state index in [1.54, 1.807) is 0 Å². The van der Waals surface area contributed by atoms with Gasteiger partial charge in [-0.3, -0.25) is 4.79 Å². The number of hydrogen-bond donors (Lipinski definition) is 1. The predicted molar refractivity (Wildman–Crippen MR) is 91.1 cm³/mol. The number of carbonyl (C=O) groups is 1. The fraction of sp³-hybridized carbons (Fsp3) is 0.421. The Morgan fingerprint density at radius 3 is 2.59 bits per heavy atom. The van der Waals surface area contributed by atoms with Gasteiger partial charge in [-0.25, -0.2) is 0 Å². The van der Waals surface area contributed by atoms with Crippen molar-refractivity contribution in [1.82, 2.24) is 5.32 Å². The first-order valence-electron chi connectivity index (χ1n) is 8.04. The van der Waals surface area contributed by atoms with Crippen LogP contribution in [0.1, 0.15) is 33.6 Å². The van der Waals surface area contributed by atoms with Gasteiger partial charge in [-0.2, -0.15) is 0 Å². The molecule has 0 spiro atoms. The number of fused-ring (bicyclic) bond motifs is 1. The van der Waals surface area contributed by atoms with Crippen molar-refractivity contribution in [2.45, 2.75) is 39.7 Å². The summed E-state index contributed by atoms with van der Waals surface area (Å²) in [4.78, 5) is 12.3. The van der Waals surface area contributed by atoms with E-state index in [1.807, 2.05) is 49.4 Å². The summed E-state index contributed by atoms with van der Waals surface area (Å²) in [5.74, 6) is 1.32. The molecule has 2 rings (SSSR count). The second-order valence-electron chi connectivity index (χ2n) is 5.97. The number of nitrogens with one attached hydrogen (secondary N) is 1. The van der Waals surface area contributed by atoms with Crippen LogP contribution in [0.5, 0.6) is 5.75 Å². The Labute approximate surface area is 132 Å². The first kappa shape index (κ1) is 16.3. The van der Waals surface area contributed by atoms with Crippen LogP contribution < -0.4 is 10.1 Å². The Balaban J connectivity index is 2.07. The van der Waals surface area contributed by atoms with E-state index in [4.69, 9.17) is 4.74 Å². The molecule has 1 atom stereocenters. The van der Waals surface area contributed by atoms with E-state index in [0.717, 1.165) is 22.9 Å². The van der Waals surface area contributed by atoms with E-state index >= 15 is 0 Å². The summed E-state index contributed by atoms with van der Waals surface area (Å²) in [5.41, 5.74) is 0. The predicted octanol–water partition coefficient (Wildman–Crippen LogP) is 4.16. The van der Waals surface area contributed by atoms with Crippen LogP contribution in [0.4, 0.5) is 0 Å². The summed E-state index contributed by atoms with van der Waals surface area (Å²) in [6.07, 6.45) is 1.19. The lowest BCUT2D eigenvalue weighted by atomic mass is 10.1. The number of amides is 1. The van der Waals surface area contributed by atoms with E-state index in [-0.39, 0.29) is 5.91 Å². The van der Waals surface area contributed by atoms with Crippen LogP contribution in [0.15, 0.2) is 42.5 Å². The van der Waals surface area contributed by atoms with Crippen LogP contribution >= 0.6 is 0 Å². The average molecular weight is 299 g/mol. The lowest BCUT2D eigenvalue weighted by molar-refractivity contribution is -0.128. The maximum atomic E-state index is 12.3. The van der Waals surface area contributed by atoms with Gasteiger partial charge >= 0.3 is 0 Å². The molecule has 0 aliphatic rings. The molecule has 0 saturated carbocycles. The van der Waals surface area contributed by atoms with Crippen LogP contribution in [0.3, 0.4) is 0 Å². The van der Waals surface area contributed by atoms with Crippen molar-refractivity contribution in [3.05, 3.63) is 42.5 Å². The molecule has 0 heterocycles. The zero-order valence-corrected chi connectivity index (χ0v) is 13.6. The van der Waals surface area contributed by atoms with Crippen LogP contribution in [0.2, 0.25) is 0 Å². The molecule has 1 N–H and O–H groups in total. The minimum atomic E-state index is -0.446. The summed E-state index contributed by atoms with van der Waals surface area (Å²) in [7, 11) is 0. The van der Waals surface area contributed by atoms with E-state index in [1.165, 1.54) is 0 Å². The Morgan fingerprint density at radius 1 is 1.14 bits per heavy atom. The number of ether oxygens (including phenoxy) is 1. The van der Waals surface area contributed by atoms with Gasteiger partial charge in [-0.1, -0.05) is 57.2 Å². The maximum Gasteiger partial charge on any atom is 0.261 e.